The van der Waals surface area contributed by atoms with Gasteiger partial charge in [-0.2, -0.15) is 0 Å². The van der Waals surface area contributed by atoms with Gasteiger partial charge in [-0.15, -0.1) is 0 Å². The zero-order chi connectivity index (χ0) is 10.3. The Balaban J connectivity index is 2.48. The summed E-state index contributed by atoms with van der Waals surface area (Å²) < 4.78 is 14.1. The average Bonchev–Trinajstić information content (AvgIpc) is 2.50. The Bertz CT molecular complexity index is 365. The number of aliphatic hydroxyl groups is 1. The lowest BCUT2D eigenvalue weighted by Crippen LogP contribution is -2.04. The first-order chi connectivity index (χ1) is 6.65. The molecule has 0 unspecified atom stereocenters. The molecule has 14 heavy (non-hydrogen) atoms. The normalized spacial score (nSPS) is 25.1. The lowest BCUT2D eigenvalue weighted by Gasteiger charge is -2.11. The molecule has 0 saturated heterocycles. The molecule has 2 atom stereocenters. The Morgan fingerprint density at radius 2 is 2.29 bits per heavy atom. The molecule has 0 saturated carbocycles. The van der Waals surface area contributed by atoms with Gasteiger partial charge in [0.05, 0.1) is 10.6 Å². The van der Waals surface area contributed by atoms with E-state index in [0.717, 1.165) is 12.0 Å². The Morgan fingerprint density at radius 3 is 2.93 bits per heavy atom. The van der Waals surface area contributed by atoms with E-state index in [1.54, 1.807) is 6.07 Å². The van der Waals surface area contributed by atoms with Gasteiger partial charge in [0.15, 0.2) is 0 Å². The van der Waals surface area contributed by atoms with Gasteiger partial charge in [-0.3, -0.25) is 0 Å². The molecule has 3 heteroatoms. The lowest BCUT2D eigenvalue weighted by molar-refractivity contribution is 0.121. The minimum absolute atomic E-state index is 0.175. The minimum Gasteiger partial charge on any atom is -0.388 e. The van der Waals surface area contributed by atoms with Crippen LogP contribution in [0.1, 0.15) is 30.6 Å². The second-order valence-corrected chi connectivity index (χ2v) is 4.60. The topological polar surface area (TPSA) is 20.2 Å². The molecule has 0 bridgehead atoms. The first-order valence-electron chi connectivity index (χ1n) is 4.80. The van der Waals surface area contributed by atoms with Crippen LogP contribution in [-0.2, 0) is 6.42 Å². The molecule has 0 heterocycles. The van der Waals surface area contributed by atoms with Crippen LogP contribution in [-0.4, -0.2) is 5.11 Å². The summed E-state index contributed by atoms with van der Waals surface area (Å²) in [5, 5.41) is 9.87. The number of fused-ring (bicyclic) bond motifs is 1. The van der Waals surface area contributed by atoms with Gasteiger partial charge in [-0.1, -0.05) is 19.4 Å². The number of hydrogen-bond donors (Lipinski definition) is 1. The molecule has 0 amide bonds. The molecule has 1 aliphatic rings. The van der Waals surface area contributed by atoms with Crippen LogP contribution >= 0.6 is 15.9 Å². The zero-order valence-corrected chi connectivity index (χ0v) is 9.51. The van der Waals surface area contributed by atoms with Gasteiger partial charge in [-0.05, 0) is 45.5 Å². The largest absolute Gasteiger partial charge is 0.388 e. The Labute approximate surface area is 91.1 Å². The number of aliphatic hydroxyl groups excluding tert-OH is 1. The molecule has 0 aromatic heterocycles. The summed E-state index contributed by atoms with van der Waals surface area (Å²) in [4.78, 5) is 0. The SMILES string of the molecule is CC[C@@H]1Cc2c(ccc(Br)c2F)[C@H]1O. The fraction of sp³-hybridized carbons (Fsp3) is 0.455. The minimum atomic E-state index is -0.488. The molecule has 1 aliphatic carbocycles. The van der Waals surface area contributed by atoms with Crippen molar-refractivity contribution in [2.45, 2.75) is 25.9 Å². The standard InChI is InChI=1S/C11H12BrFO/c1-2-6-5-8-7(11(6)14)3-4-9(12)10(8)13/h3-4,6,11,14H,2,5H2,1H3/t6-,11+/m1/s1. The summed E-state index contributed by atoms with van der Waals surface area (Å²) in [5.41, 5.74) is 1.44. The molecule has 1 N–H and O–H groups in total. The van der Waals surface area contributed by atoms with Crippen LogP contribution in [0.15, 0.2) is 16.6 Å². The van der Waals surface area contributed by atoms with Crippen molar-refractivity contribution in [3.05, 3.63) is 33.5 Å². The van der Waals surface area contributed by atoms with Crippen LogP contribution in [0, 0.1) is 11.7 Å². The highest BCUT2D eigenvalue weighted by Crippen LogP contribution is 2.40. The molecule has 0 radical (unpaired) electrons. The van der Waals surface area contributed by atoms with Crippen molar-refractivity contribution < 1.29 is 9.50 Å². The van der Waals surface area contributed by atoms with Crippen LogP contribution in [0.2, 0.25) is 0 Å². The van der Waals surface area contributed by atoms with Crippen LogP contribution in [0.3, 0.4) is 0 Å². The fourth-order valence-electron chi connectivity index (χ4n) is 2.09. The van der Waals surface area contributed by atoms with Gasteiger partial charge in [0.1, 0.15) is 5.82 Å². The van der Waals surface area contributed by atoms with Crippen molar-refractivity contribution in [3.63, 3.8) is 0 Å². The molecule has 0 spiro atoms. The fourth-order valence-corrected chi connectivity index (χ4v) is 2.46. The third kappa shape index (κ3) is 1.39. The molecule has 76 valence electrons. The van der Waals surface area contributed by atoms with E-state index in [1.165, 1.54) is 0 Å². The molecular weight excluding hydrogens is 247 g/mol. The van der Waals surface area contributed by atoms with Gasteiger partial charge in [0, 0.05) is 0 Å². The maximum absolute atomic E-state index is 13.6. The lowest BCUT2D eigenvalue weighted by atomic mass is 10.0. The molecule has 1 aromatic carbocycles. The number of halogens is 2. The summed E-state index contributed by atoms with van der Waals surface area (Å²) in [5.74, 6) is -0.0358. The summed E-state index contributed by atoms with van der Waals surface area (Å²) in [6.07, 6.45) is 1.04. The highest BCUT2D eigenvalue weighted by Gasteiger charge is 2.32. The Kier molecular flexibility index (Phi) is 2.62. The van der Waals surface area contributed by atoms with Crippen molar-refractivity contribution in [1.82, 2.24) is 0 Å². The van der Waals surface area contributed by atoms with Gasteiger partial charge in [0.25, 0.3) is 0 Å². The summed E-state index contributed by atoms with van der Waals surface area (Å²) >= 11 is 3.15. The number of benzene rings is 1. The molecule has 1 nitrogen and oxygen atoms in total. The van der Waals surface area contributed by atoms with Crippen LogP contribution in [0.25, 0.3) is 0 Å². The maximum atomic E-state index is 13.6. The van der Waals surface area contributed by atoms with E-state index in [1.807, 2.05) is 13.0 Å². The molecular formula is C11H12BrFO. The van der Waals surface area contributed by atoms with E-state index in [0.29, 0.717) is 16.5 Å². The van der Waals surface area contributed by atoms with Crippen molar-refractivity contribution in [1.29, 1.82) is 0 Å². The van der Waals surface area contributed by atoms with E-state index in [-0.39, 0.29) is 11.7 Å². The number of hydrogen-bond acceptors (Lipinski definition) is 1. The van der Waals surface area contributed by atoms with Crippen molar-refractivity contribution in [2.75, 3.05) is 0 Å². The zero-order valence-electron chi connectivity index (χ0n) is 7.93. The quantitative estimate of drug-likeness (QED) is 0.821. The molecule has 1 aromatic rings. The van der Waals surface area contributed by atoms with E-state index in [2.05, 4.69) is 15.9 Å². The Hall–Kier alpha value is -0.410. The van der Waals surface area contributed by atoms with Gasteiger partial charge < -0.3 is 5.11 Å². The van der Waals surface area contributed by atoms with Crippen molar-refractivity contribution >= 4 is 15.9 Å². The highest BCUT2D eigenvalue weighted by molar-refractivity contribution is 9.10. The first-order valence-corrected chi connectivity index (χ1v) is 5.59. The smallest absolute Gasteiger partial charge is 0.140 e. The average molecular weight is 259 g/mol. The second kappa shape index (κ2) is 3.63. The Morgan fingerprint density at radius 1 is 1.57 bits per heavy atom. The van der Waals surface area contributed by atoms with E-state index in [4.69, 9.17) is 0 Å². The van der Waals surface area contributed by atoms with Gasteiger partial charge in [-0.25, -0.2) is 4.39 Å². The third-order valence-electron chi connectivity index (χ3n) is 2.99. The molecule has 0 fully saturated rings. The number of rotatable bonds is 1. The van der Waals surface area contributed by atoms with E-state index < -0.39 is 6.10 Å². The third-order valence-corrected chi connectivity index (χ3v) is 3.60. The van der Waals surface area contributed by atoms with Crippen molar-refractivity contribution in [2.24, 2.45) is 5.92 Å². The van der Waals surface area contributed by atoms with Crippen molar-refractivity contribution in [3.8, 4) is 0 Å². The van der Waals surface area contributed by atoms with Gasteiger partial charge >= 0.3 is 0 Å². The first kappa shape index (κ1) is 10.1. The molecule has 2 rings (SSSR count). The maximum Gasteiger partial charge on any atom is 0.140 e. The predicted octanol–water partition coefficient (Wildman–Crippen LogP) is 3.20. The molecule has 0 aliphatic heterocycles. The highest BCUT2D eigenvalue weighted by atomic mass is 79.9. The van der Waals surface area contributed by atoms with Crippen LogP contribution in [0.4, 0.5) is 4.39 Å². The van der Waals surface area contributed by atoms with Crippen LogP contribution < -0.4 is 0 Å². The summed E-state index contributed by atoms with van der Waals surface area (Å²) in [6, 6.07) is 3.47. The van der Waals surface area contributed by atoms with E-state index >= 15 is 0 Å². The van der Waals surface area contributed by atoms with E-state index in [9.17, 15) is 9.50 Å². The predicted molar refractivity (Wildman–Crippen MR) is 56.5 cm³/mol. The van der Waals surface area contributed by atoms with Crippen LogP contribution in [0.5, 0.6) is 0 Å². The monoisotopic (exact) mass is 258 g/mol. The second-order valence-electron chi connectivity index (χ2n) is 3.75. The summed E-state index contributed by atoms with van der Waals surface area (Å²) in [6.45, 7) is 2.02. The summed E-state index contributed by atoms with van der Waals surface area (Å²) in [7, 11) is 0. The van der Waals surface area contributed by atoms with Gasteiger partial charge in [0.2, 0.25) is 0 Å².